The van der Waals surface area contributed by atoms with Gasteiger partial charge in [0.05, 0.1) is 17.9 Å². The molecule has 1 aromatic heterocycles. The zero-order chi connectivity index (χ0) is 19.2. The Labute approximate surface area is 163 Å². The molecule has 1 amide bonds. The van der Waals surface area contributed by atoms with Crippen LogP contribution in [0.1, 0.15) is 44.5 Å². The largest absolute Gasteiger partial charge is 0.343 e. The lowest BCUT2D eigenvalue weighted by Gasteiger charge is -2.20. The zero-order valence-electron chi connectivity index (χ0n) is 17.1. The van der Waals surface area contributed by atoms with Gasteiger partial charge in [0.1, 0.15) is 0 Å². The first-order chi connectivity index (χ1) is 13.1. The molecule has 0 spiro atoms. The molecule has 2 aliphatic heterocycles. The average Bonchev–Trinajstić information content (AvgIpc) is 3.11. The van der Waals surface area contributed by atoms with Gasteiger partial charge in [-0.25, -0.2) is 0 Å². The fourth-order valence-corrected chi connectivity index (χ4v) is 4.16. The van der Waals surface area contributed by atoms with E-state index < -0.39 is 0 Å². The first kappa shape index (κ1) is 19.9. The summed E-state index contributed by atoms with van der Waals surface area (Å²) >= 11 is 0. The Morgan fingerprint density at radius 3 is 2.89 bits per heavy atom. The van der Waals surface area contributed by atoms with Gasteiger partial charge in [-0.3, -0.25) is 14.4 Å². The highest BCUT2D eigenvalue weighted by Gasteiger charge is 2.29. The molecule has 1 fully saturated rings. The summed E-state index contributed by atoms with van der Waals surface area (Å²) in [5, 5.41) is 4.84. The molecule has 0 aromatic carbocycles. The molecule has 0 aliphatic carbocycles. The van der Waals surface area contributed by atoms with Crippen molar-refractivity contribution in [2.45, 2.75) is 52.7 Å². The van der Waals surface area contributed by atoms with Gasteiger partial charge in [0.2, 0.25) is 5.91 Å². The highest BCUT2D eigenvalue weighted by atomic mass is 16.2. The van der Waals surface area contributed by atoms with Crippen LogP contribution in [0.15, 0.2) is 6.07 Å². The Hall–Kier alpha value is -1.84. The van der Waals surface area contributed by atoms with Crippen LogP contribution in [0.3, 0.4) is 0 Å². The van der Waals surface area contributed by atoms with Crippen LogP contribution >= 0.6 is 0 Å². The van der Waals surface area contributed by atoms with E-state index in [-0.39, 0.29) is 0 Å². The minimum Gasteiger partial charge on any atom is -0.343 e. The SMILES string of the molecule is CCC#CCN1CCCn2nc(CN(C)CC3CC(=O)N(CC)C3)cc2C1. The van der Waals surface area contributed by atoms with Crippen molar-refractivity contribution in [2.24, 2.45) is 5.92 Å². The van der Waals surface area contributed by atoms with Gasteiger partial charge in [-0.1, -0.05) is 12.8 Å². The molecule has 1 unspecified atom stereocenters. The molecule has 1 atom stereocenters. The Balaban J connectivity index is 1.54. The number of amides is 1. The molecule has 0 bridgehead atoms. The second kappa shape index (κ2) is 9.38. The van der Waals surface area contributed by atoms with Crippen LogP contribution in [0.5, 0.6) is 0 Å². The molecule has 3 rings (SSSR count). The molecule has 6 heteroatoms. The predicted octanol–water partition coefficient (Wildman–Crippen LogP) is 1.80. The minimum atomic E-state index is 0.302. The molecule has 148 valence electrons. The van der Waals surface area contributed by atoms with Crippen molar-refractivity contribution < 1.29 is 4.79 Å². The fourth-order valence-electron chi connectivity index (χ4n) is 4.16. The van der Waals surface area contributed by atoms with Crippen molar-refractivity contribution in [3.05, 3.63) is 17.5 Å². The number of rotatable bonds is 6. The Morgan fingerprint density at radius 1 is 1.30 bits per heavy atom. The minimum absolute atomic E-state index is 0.302. The Bertz CT molecular complexity index is 701. The smallest absolute Gasteiger partial charge is 0.222 e. The zero-order valence-corrected chi connectivity index (χ0v) is 17.1. The summed E-state index contributed by atoms with van der Waals surface area (Å²) in [5.74, 6) is 7.17. The maximum Gasteiger partial charge on any atom is 0.222 e. The van der Waals surface area contributed by atoms with E-state index in [4.69, 9.17) is 5.10 Å². The van der Waals surface area contributed by atoms with E-state index in [2.05, 4.69) is 53.3 Å². The van der Waals surface area contributed by atoms with Crippen LogP contribution < -0.4 is 0 Å². The predicted molar refractivity (Wildman–Crippen MR) is 107 cm³/mol. The fraction of sp³-hybridized carbons (Fsp3) is 0.714. The van der Waals surface area contributed by atoms with Crippen LogP contribution in [0.2, 0.25) is 0 Å². The maximum atomic E-state index is 11.9. The van der Waals surface area contributed by atoms with Gasteiger partial charge in [-0.15, -0.1) is 5.92 Å². The van der Waals surface area contributed by atoms with Crippen LogP contribution in [-0.2, 0) is 24.4 Å². The summed E-state index contributed by atoms with van der Waals surface area (Å²) in [5.41, 5.74) is 2.42. The third-order valence-corrected chi connectivity index (χ3v) is 5.43. The van der Waals surface area contributed by atoms with E-state index in [1.54, 1.807) is 0 Å². The summed E-state index contributed by atoms with van der Waals surface area (Å²) in [6.45, 7) is 11.5. The normalized spacial score (nSPS) is 20.5. The Kier molecular flexibility index (Phi) is 6.92. The summed E-state index contributed by atoms with van der Waals surface area (Å²) in [6, 6.07) is 2.25. The van der Waals surface area contributed by atoms with Crippen molar-refractivity contribution >= 4 is 5.91 Å². The van der Waals surface area contributed by atoms with E-state index in [0.29, 0.717) is 18.2 Å². The third kappa shape index (κ3) is 5.33. The second-order valence-electron chi connectivity index (χ2n) is 7.82. The topological polar surface area (TPSA) is 44.6 Å². The van der Waals surface area contributed by atoms with Crippen LogP contribution in [0, 0.1) is 17.8 Å². The van der Waals surface area contributed by atoms with Crippen molar-refractivity contribution in [1.29, 1.82) is 0 Å². The number of carbonyl (C=O) groups is 1. The number of carbonyl (C=O) groups excluding carboxylic acids is 1. The van der Waals surface area contributed by atoms with Gasteiger partial charge in [-0.05, 0) is 32.4 Å². The van der Waals surface area contributed by atoms with Gasteiger partial charge in [-0.2, -0.15) is 5.10 Å². The number of fused-ring (bicyclic) bond motifs is 1. The third-order valence-electron chi connectivity index (χ3n) is 5.43. The molecule has 0 saturated carbocycles. The van der Waals surface area contributed by atoms with Crippen molar-refractivity contribution in [3.63, 3.8) is 0 Å². The van der Waals surface area contributed by atoms with Crippen molar-refractivity contribution in [2.75, 3.05) is 39.8 Å². The number of nitrogens with zero attached hydrogens (tertiary/aromatic N) is 5. The monoisotopic (exact) mass is 371 g/mol. The lowest BCUT2D eigenvalue weighted by atomic mass is 10.1. The summed E-state index contributed by atoms with van der Waals surface area (Å²) < 4.78 is 2.17. The van der Waals surface area contributed by atoms with Gasteiger partial charge >= 0.3 is 0 Å². The number of aryl methyl sites for hydroxylation is 1. The molecule has 1 saturated heterocycles. The standard InChI is InChI=1S/C21H33N5O/c1-4-6-7-9-24-10-8-11-26-20(17-24)13-19(22-26)16-23(3)14-18-12-21(27)25(5-2)15-18/h13,18H,4-5,8-12,14-17H2,1-3H3. The molecular weight excluding hydrogens is 338 g/mol. The van der Waals surface area contributed by atoms with Gasteiger partial charge in [0, 0.05) is 58.7 Å². The summed E-state index contributed by atoms with van der Waals surface area (Å²) in [4.78, 5) is 18.6. The molecule has 2 aliphatic rings. The van der Waals surface area contributed by atoms with E-state index >= 15 is 0 Å². The molecule has 1 aromatic rings. The quantitative estimate of drug-likeness (QED) is 0.716. The van der Waals surface area contributed by atoms with Crippen LogP contribution in [-0.4, -0.2) is 70.2 Å². The molecule has 6 nitrogen and oxygen atoms in total. The van der Waals surface area contributed by atoms with E-state index in [9.17, 15) is 4.79 Å². The van der Waals surface area contributed by atoms with Crippen molar-refractivity contribution in [1.82, 2.24) is 24.5 Å². The van der Waals surface area contributed by atoms with Gasteiger partial charge in [0.15, 0.2) is 0 Å². The van der Waals surface area contributed by atoms with Gasteiger partial charge < -0.3 is 9.80 Å². The number of hydrogen-bond acceptors (Lipinski definition) is 4. The average molecular weight is 372 g/mol. The summed E-state index contributed by atoms with van der Waals surface area (Å²) in [7, 11) is 2.14. The highest BCUT2D eigenvalue weighted by Crippen LogP contribution is 2.19. The van der Waals surface area contributed by atoms with E-state index in [1.165, 1.54) is 5.69 Å². The first-order valence-electron chi connectivity index (χ1n) is 10.3. The molecule has 0 N–H and O–H groups in total. The lowest BCUT2D eigenvalue weighted by Crippen LogP contribution is -2.28. The number of likely N-dealkylation sites (tertiary alicyclic amines) is 1. The first-order valence-corrected chi connectivity index (χ1v) is 10.3. The Morgan fingerprint density at radius 2 is 2.15 bits per heavy atom. The molecule has 27 heavy (non-hydrogen) atoms. The van der Waals surface area contributed by atoms with E-state index in [1.807, 2.05) is 4.90 Å². The summed E-state index contributed by atoms with van der Waals surface area (Å²) in [6.07, 6.45) is 2.73. The molecule has 3 heterocycles. The van der Waals surface area contributed by atoms with Crippen LogP contribution in [0.25, 0.3) is 0 Å². The molecular formula is C21H33N5O. The van der Waals surface area contributed by atoms with Crippen molar-refractivity contribution in [3.8, 4) is 11.8 Å². The van der Waals surface area contributed by atoms with E-state index in [0.717, 1.165) is 70.9 Å². The second-order valence-corrected chi connectivity index (χ2v) is 7.82. The van der Waals surface area contributed by atoms with Gasteiger partial charge in [0.25, 0.3) is 0 Å². The molecule has 0 radical (unpaired) electrons. The maximum absolute atomic E-state index is 11.9. The number of hydrogen-bond donors (Lipinski definition) is 0. The lowest BCUT2D eigenvalue weighted by molar-refractivity contribution is -0.127. The van der Waals surface area contributed by atoms with Crippen LogP contribution in [0.4, 0.5) is 0 Å². The highest BCUT2D eigenvalue weighted by molar-refractivity contribution is 5.78. The number of aromatic nitrogens is 2.